The average Bonchev–Trinajstić information content (AvgIpc) is 2.72. The molecule has 0 amide bonds. The molecule has 2 unspecified atom stereocenters. The molecule has 0 spiro atoms. The lowest BCUT2D eigenvalue weighted by Gasteiger charge is -2.21. The minimum absolute atomic E-state index is 0.286. The van der Waals surface area contributed by atoms with Gasteiger partial charge in [0, 0.05) is 35.3 Å². The molecule has 1 aromatic carbocycles. The maximum Gasteiger partial charge on any atom is 0.0644 e. The highest BCUT2D eigenvalue weighted by molar-refractivity contribution is 7.98. The number of rotatable bonds is 5. The lowest BCUT2D eigenvalue weighted by atomic mass is 10.0. The van der Waals surface area contributed by atoms with Gasteiger partial charge in [0.25, 0.3) is 0 Å². The second-order valence-corrected chi connectivity index (χ2v) is 6.47. The second-order valence-electron chi connectivity index (χ2n) is 5.59. The molecule has 0 aliphatic heterocycles. The van der Waals surface area contributed by atoms with E-state index in [0.29, 0.717) is 6.04 Å². The second kappa shape index (κ2) is 6.67. The number of benzene rings is 1. The summed E-state index contributed by atoms with van der Waals surface area (Å²) in [5.74, 6) is 0. The van der Waals surface area contributed by atoms with Crippen LogP contribution in [-0.4, -0.2) is 16.0 Å². The Morgan fingerprint density at radius 1 is 1.10 bits per heavy atom. The standard InChI is InChI=1S/C17H25N3S/c1-11(15-7-9-16(21-6)10-8-15)18-12(2)17-13(3)19-20(5)14(17)4/h7-12,18H,1-6H3. The van der Waals surface area contributed by atoms with Gasteiger partial charge in [-0.3, -0.25) is 4.68 Å². The first kappa shape index (κ1) is 16.1. The zero-order chi connectivity index (χ0) is 15.6. The van der Waals surface area contributed by atoms with E-state index in [1.165, 1.54) is 21.7 Å². The summed E-state index contributed by atoms with van der Waals surface area (Å²) in [4.78, 5) is 1.30. The van der Waals surface area contributed by atoms with Crippen LogP contribution in [-0.2, 0) is 7.05 Å². The van der Waals surface area contributed by atoms with Crippen LogP contribution in [0.5, 0.6) is 0 Å². The van der Waals surface area contributed by atoms with E-state index in [-0.39, 0.29) is 6.04 Å². The Hall–Kier alpha value is -1.26. The molecule has 1 heterocycles. The highest BCUT2D eigenvalue weighted by atomic mass is 32.2. The molecule has 0 fully saturated rings. The predicted octanol–water partition coefficient (Wildman–Crippen LogP) is 4.17. The Morgan fingerprint density at radius 2 is 1.71 bits per heavy atom. The van der Waals surface area contributed by atoms with Crippen LogP contribution in [0.2, 0.25) is 0 Å². The van der Waals surface area contributed by atoms with Crippen molar-refractivity contribution in [3.05, 3.63) is 46.8 Å². The summed E-state index contributed by atoms with van der Waals surface area (Å²) < 4.78 is 1.96. The van der Waals surface area contributed by atoms with E-state index < -0.39 is 0 Å². The Balaban J connectivity index is 2.12. The first-order valence-corrected chi connectivity index (χ1v) is 8.56. The largest absolute Gasteiger partial charge is 0.304 e. The van der Waals surface area contributed by atoms with Gasteiger partial charge in [0.1, 0.15) is 0 Å². The van der Waals surface area contributed by atoms with Gasteiger partial charge in [0.05, 0.1) is 5.69 Å². The van der Waals surface area contributed by atoms with Gasteiger partial charge < -0.3 is 5.32 Å². The minimum atomic E-state index is 0.286. The Labute approximate surface area is 132 Å². The topological polar surface area (TPSA) is 29.9 Å². The lowest BCUT2D eigenvalue weighted by molar-refractivity contribution is 0.491. The van der Waals surface area contributed by atoms with E-state index in [1.807, 2.05) is 11.7 Å². The van der Waals surface area contributed by atoms with Crippen molar-refractivity contribution >= 4 is 11.8 Å². The lowest BCUT2D eigenvalue weighted by Crippen LogP contribution is -2.23. The van der Waals surface area contributed by atoms with Crippen molar-refractivity contribution in [2.75, 3.05) is 6.26 Å². The van der Waals surface area contributed by atoms with E-state index >= 15 is 0 Å². The first-order chi connectivity index (χ1) is 9.93. The van der Waals surface area contributed by atoms with Gasteiger partial charge in [-0.15, -0.1) is 11.8 Å². The van der Waals surface area contributed by atoms with Crippen molar-refractivity contribution < 1.29 is 0 Å². The van der Waals surface area contributed by atoms with Crippen LogP contribution in [0.4, 0.5) is 0 Å². The van der Waals surface area contributed by atoms with Crippen molar-refractivity contribution in [3.63, 3.8) is 0 Å². The normalized spacial score (nSPS) is 14.2. The molecule has 0 radical (unpaired) electrons. The average molecular weight is 303 g/mol. The molecule has 0 bridgehead atoms. The predicted molar refractivity (Wildman–Crippen MR) is 90.9 cm³/mol. The van der Waals surface area contributed by atoms with E-state index in [1.54, 1.807) is 11.8 Å². The third kappa shape index (κ3) is 3.50. The van der Waals surface area contributed by atoms with Crippen molar-refractivity contribution in [3.8, 4) is 0 Å². The molecule has 2 aromatic rings. The number of hydrogen-bond donors (Lipinski definition) is 1. The van der Waals surface area contributed by atoms with Crippen molar-refractivity contribution in [2.24, 2.45) is 7.05 Å². The molecule has 1 N–H and O–H groups in total. The highest BCUT2D eigenvalue weighted by Gasteiger charge is 2.18. The molecule has 114 valence electrons. The van der Waals surface area contributed by atoms with Gasteiger partial charge in [-0.1, -0.05) is 12.1 Å². The maximum absolute atomic E-state index is 4.51. The van der Waals surface area contributed by atoms with Gasteiger partial charge in [-0.05, 0) is 51.6 Å². The summed E-state index contributed by atoms with van der Waals surface area (Å²) in [5, 5.41) is 8.19. The van der Waals surface area contributed by atoms with Crippen molar-refractivity contribution in [1.82, 2.24) is 15.1 Å². The molecule has 1 aromatic heterocycles. The van der Waals surface area contributed by atoms with E-state index in [0.717, 1.165) is 5.69 Å². The fourth-order valence-electron chi connectivity index (χ4n) is 2.86. The molecular formula is C17H25N3S. The molecule has 21 heavy (non-hydrogen) atoms. The number of nitrogens with one attached hydrogen (secondary N) is 1. The van der Waals surface area contributed by atoms with Crippen LogP contribution in [0, 0.1) is 13.8 Å². The van der Waals surface area contributed by atoms with E-state index in [2.05, 4.69) is 68.6 Å². The number of aryl methyl sites for hydroxylation is 2. The molecule has 4 heteroatoms. The summed E-state index contributed by atoms with van der Waals surface area (Å²) >= 11 is 1.78. The van der Waals surface area contributed by atoms with Crippen LogP contribution in [0.1, 0.15) is 48.4 Å². The molecule has 0 saturated heterocycles. The van der Waals surface area contributed by atoms with Crippen LogP contribution in [0.15, 0.2) is 29.2 Å². The number of hydrogen-bond acceptors (Lipinski definition) is 3. The van der Waals surface area contributed by atoms with Gasteiger partial charge in [-0.25, -0.2) is 0 Å². The Morgan fingerprint density at radius 3 is 2.19 bits per heavy atom. The number of thioether (sulfide) groups is 1. The summed E-state index contributed by atoms with van der Waals surface area (Å²) in [6, 6.07) is 9.38. The minimum Gasteiger partial charge on any atom is -0.304 e. The Kier molecular flexibility index (Phi) is 5.12. The summed E-state index contributed by atoms with van der Waals surface area (Å²) in [6.07, 6.45) is 2.10. The highest BCUT2D eigenvalue weighted by Crippen LogP contribution is 2.25. The van der Waals surface area contributed by atoms with Gasteiger partial charge in [-0.2, -0.15) is 5.10 Å². The number of aromatic nitrogens is 2. The van der Waals surface area contributed by atoms with Crippen LogP contribution in [0.3, 0.4) is 0 Å². The quantitative estimate of drug-likeness (QED) is 0.841. The molecule has 0 saturated carbocycles. The zero-order valence-electron chi connectivity index (χ0n) is 13.8. The SMILES string of the molecule is CSc1ccc(C(C)NC(C)c2c(C)nn(C)c2C)cc1. The maximum atomic E-state index is 4.51. The van der Waals surface area contributed by atoms with Crippen LogP contribution >= 0.6 is 11.8 Å². The summed E-state index contributed by atoms with van der Waals surface area (Å²) in [7, 11) is 2.00. The van der Waals surface area contributed by atoms with E-state index in [4.69, 9.17) is 0 Å². The third-order valence-corrected chi connectivity index (χ3v) is 4.86. The van der Waals surface area contributed by atoms with Crippen molar-refractivity contribution in [1.29, 1.82) is 0 Å². The molecule has 3 nitrogen and oxygen atoms in total. The molecule has 0 aliphatic rings. The summed E-state index contributed by atoms with van der Waals surface area (Å²) in [6.45, 7) is 8.64. The third-order valence-electron chi connectivity index (χ3n) is 4.11. The van der Waals surface area contributed by atoms with Crippen molar-refractivity contribution in [2.45, 2.75) is 44.7 Å². The van der Waals surface area contributed by atoms with E-state index in [9.17, 15) is 0 Å². The molecule has 2 rings (SSSR count). The fraction of sp³-hybridized carbons (Fsp3) is 0.471. The van der Waals surface area contributed by atoms with Crippen LogP contribution in [0.25, 0.3) is 0 Å². The summed E-state index contributed by atoms with van der Waals surface area (Å²) in [5.41, 5.74) is 4.97. The first-order valence-electron chi connectivity index (χ1n) is 7.34. The van der Waals surface area contributed by atoms with Gasteiger partial charge in [0.2, 0.25) is 0 Å². The van der Waals surface area contributed by atoms with Crippen LogP contribution < -0.4 is 5.32 Å². The smallest absolute Gasteiger partial charge is 0.0644 e. The molecular weight excluding hydrogens is 278 g/mol. The fourth-order valence-corrected chi connectivity index (χ4v) is 3.27. The molecule has 2 atom stereocenters. The zero-order valence-corrected chi connectivity index (χ0v) is 14.6. The molecule has 0 aliphatic carbocycles. The van der Waals surface area contributed by atoms with Gasteiger partial charge >= 0.3 is 0 Å². The Bertz CT molecular complexity index is 601. The monoisotopic (exact) mass is 303 g/mol. The van der Waals surface area contributed by atoms with Gasteiger partial charge in [0.15, 0.2) is 0 Å². The number of nitrogens with zero attached hydrogens (tertiary/aromatic N) is 2.